The smallest absolute Gasteiger partial charge is 0.315 e. The number of nitrogens with zero attached hydrogens (tertiary/aromatic N) is 1. The Kier molecular flexibility index (Phi) is 6.73. The van der Waals surface area contributed by atoms with Gasteiger partial charge >= 0.3 is 5.97 Å². The minimum Gasteiger partial charge on any atom is -0.496 e. The lowest BCUT2D eigenvalue weighted by Gasteiger charge is -2.29. The van der Waals surface area contributed by atoms with Crippen LogP contribution < -0.4 is 14.8 Å². The van der Waals surface area contributed by atoms with Crippen molar-refractivity contribution >= 4 is 27.6 Å². The van der Waals surface area contributed by atoms with E-state index in [0.29, 0.717) is 42.1 Å². The molecule has 160 valence electrons. The maximum Gasteiger partial charge on any atom is 0.315 e. The molecule has 1 heterocycles. The van der Waals surface area contributed by atoms with Crippen LogP contribution in [0.15, 0.2) is 48.5 Å². The highest BCUT2D eigenvalue weighted by atomic mass is 32.2. The number of esters is 1. The number of nitrogens with one attached hydrogen (secondary N) is 1. The van der Waals surface area contributed by atoms with E-state index in [4.69, 9.17) is 9.47 Å². The van der Waals surface area contributed by atoms with E-state index >= 15 is 0 Å². The number of ether oxygens (including phenoxy) is 2. The van der Waals surface area contributed by atoms with Gasteiger partial charge < -0.3 is 14.8 Å². The standard InChI is InChI=1S/C21H24N2O6S/c1-28-19-8-4-3-7-18(19)20(24)22-16-9-11-17(12-10-16)29-21(25)15-6-5-13-23(14-15)30(2,26)27/h3-4,7-12,15H,5-6,13-14H2,1-2H3,(H,22,24). The molecule has 0 aliphatic carbocycles. The molecule has 0 bridgehead atoms. The van der Waals surface area contributed by atoms with Crippen molar-refractivity contribution in [3.63, 3.8) is 0 Å². The summed E-state index contributed by atoms with van der Waals surface area (Å²) in [5, 5.41) is 2.77. The van der Waals surface area contributed by atoms with Gasteiger partial charge in [0.2, 0.25) is 10.0 Å². The summed E-state index contributed by atoms with van der Waals surface area (Å²) in [5.41, 5.74) is 0.940. The van der Waals surface area contributed by atoms with Crippen molar-refractivity contribution in [1.82, 2.24) is 4.31 Å². The van der Waals surface area contributed by atoms with Crippen LogP contribution in [0.1, 0.15) is 23.2 Å². The Labute approximate surface area is 175 Å². The molecule has 0 aromatic heterocycles. The summed E-state index contributed by atoms with van der Waals surface area (Å²) in [6, 6.07) is 13.3. The molecular weight excluding hydrogens is 408 g/mol. The van der Waals surface area contributed by atoms with Crippen molar-refractivity contribution in [3.05, 3.63) is 54.1 Å². The second-order valence-electron chi connectivity index (χ2n) is 7.06. The van der Waals surface area contributed by atoms with Gasteiger partial charge in [-0.15, -0.1) is 0 Å². The molecule has 1 aliphatic rings. The van der Waals surface area contributed by atoms with Crippen LogP contribution in [0, 0.1) is 5.92 Å². The minimum atomic E-state index is -3.33. The van der Waals surface area contributed by atoms with Crippen LogP contribution in [0.25, 0.3) is 0 Å². The summed E-state index contributed by atoms with van der Waals surface area (Å²) in [6.07, 6.45) is 2.33. The quantitative estimate of drug-likeness (QED) is 0.556. The van der Waals surface area contributed by atoms with Gasteiger partial charge in [0.1, 0.15) is 11.5 Å². The average Bonchev–Trinajstić information content (AvgIpc) is 2.74. The largest absolute Gasteiger partial charge is 0.496 e. The number of hydrogen-bond acceptors (Lipinski definition) is 6. The van der Waals surface area contributed by atoms with Gasteiger partial charge in [-0.3, -0.25) is 9.59 Å². The van der Waals surface area contributed by atoms with Crippen LogP contribution in [0.4, 0.5) is 5.69 Å². The Balaban J connectivity index is 1.60. The van der Waals surface area contributed by atoms with Crippen molar-refractivity contribution in [2.24, 2.45) is 5.92 Å². The number of carbonyl (C=O) groups excluding carboxylic acids is 2. The van der Waals surface area contributed by atoms with E-state index in [1.807, 2.05) is 0 Å². The molecule has 1 unspecified atom stereocenters. The molecule has 0 saturated carbocycles. The third kappa shape index (κ3) is 5.37. The van der Waals surface area contributed by atoms with Gasteiger partial charge in [-0.1, -0.05) is 12.1 Å². The Hall–Kier alpha value is -2.91. The molecule has 2 aromatic carbocycles. The molecule has 9 heteroatoms. The molecule has 1 fully saturated rings. The average molecular weight is 432 g/mol. The maximum atomic E-state index is 12.4. The van der Waals surface area contributed by atoms with Gasteiger partial charge in [0, 0.05) is 18.8 Å². The predicted octanol–water partition coefficient (Wildman–Crippen LogP) is 2.52. The van der Waals surface area contributed by atoms with Crippen LogP contribution in [0.2, 0.25) is 0 Å². The van der Waals surface area contributed by atoms with Crippen molar-refractivity contribution in [2.45, 2.75) is 12.8 Å². The Morgan fingerprint density at radius 2 is 1.80 bits per heavy atom. The predicted molar refractivity (Wildman–Crippen MR) is 112 cm³/mol. The molecule has 8 nitrogen and oxygen atoms in total. The molecule has 1 aliphatic heterocycles. The minimum absolute atomic E-state index is 0.130. The van der Waals surface area contributed by atoms with Gasteiger partial charge in [0.25, 0.3) is 5.91 Å². The van der Waals surface area contributed by atoms with Crippen molar-refractivity contribution in [2.75, 3.05) is 31.8 Å². The van der Waals surface area contributed by atoms with Crippen LogP contribution in [-0.2, 0) is 14.8 Å². The molecule has 3 rings (SSSR count). The summed E-state index contributed by atoms with van der Waals surface area (Å²) in [4.78, 5) is 24.9. The van der Waals surface area contributed by atoms with E-state index < -0.39 is 21.9 Å². The molecule has 0 radical (unpaired) electrons. The fourth-order valence-corrected chi connectivity index (χ4v) is 4.18. The van der Waals surface area contributed by atoms with Crippen LogP contribution in [0.3, 0.4) is 0 Å². The summed E-state index contributed by atoms with van der Waals surface area (Å²) < 4.78 is 35.3. The van der Waals surface area contributed by atoms with Gasteiger partial charge in [0.15, 0.2) is 0 Å². The molecule has 1 atom stereocenters. The topological polar surface area (TPSA) is 102 Å². The highest BCUT2D eigenvalue weighted by Gasteiger charge is 2.31. The summed E-state index contributed by atoms with van der Waals surface area (Å²) >= 11 is 0. The zero-order valence-corrected chi connectivity index (χ0v) is 17.6. The summed E-state index contributed by atoms with van der Waals surface area (Å²) in [7, 11) is -1.84. The number of carbonyl (C=O) groups is 2. The number of hydrogen-bond donors (Lipinski definition) is 1. The lowest BCUT2D eigenvalue weighted by molar-refractivity contribution is -0.140. The fourth-order valence-electron chi connectivity index (χ4n) is 3.27. The van der Waals surface area contributed by atoms with E-state index in [1.165, 1.54) is 11.4 Å². The lowest BCUT2D eigenvalue weighted by Crippen LogP contribution is -2.42. The van der Waals surface area contributed by atoms with E-state index in [9.17, 15) is 18.0 Å². The van der Waals surface area contributed by atoms with Gasteiger partial charge in [0.05, 0.1) is 24.8 Å². The molecule has 1 amide bonds. The number of amides is 1. The number of piperidine rings is 1. The Bertz CT molecular complexity index is 1020. The molecule has 0 spiro atoms. The first-order valence-corrected chi connectivity index (χ1v) is 11.3. The lowest BCUT2D eigenvalue weighted by atomic mass is 10.00. The van der Waals surface area contributed by atoms with E-state index in [1.54, 1.807) is 48.5 Å². The molecule has 2 aromatic rings. The first kappa shape index (κ1) is 21.8. The van der Waals surface area contributed by atoms with E-state index in [0.717, 1.165) is 6.26 Å². The number of rotatable bonds is 6. The van der Waals surface area contributed by atoms with Crippen LogP contribution >= 0.6 is 0 Å². The highest BCUT2D eigenvalue weighted by molar-refractivity contribution is 7.88. The third-order valence-corrected chi connectivity index (χ3v) is 6.14. The SMILES string of the molecule is COc1ccccc1C(=O)Nc1ccc(OC(=O)C2CCCN(S(C)(=O)=O)C2)cc1. The molecule has 1 N–H and O–H groups in total. The number of sulfonamides is 1. The Morgan fingerprint density at radius 1 is 1.10 bits per heavy atom. The zero-order chi connectivity index (χ0) is 21.7. The van der Waals surface area contributed by atoms with Crippen LogP contribution in [0.5, 0.6) is 11.5 Å². The fraction of sp³-hybridized carbons (Fsp3) is 0.333. The molecule has 30 heavy (non-hydrogen) atoms. The zero-order valence-electron chi connectivity index (χ0n) is 16.8. The number of anilines is 1. The number of methoxy groups -OCH3 is 1. The van der Waals surface area contributed by atoms with Gasteiger partial charge in [-0.2, -0.15) is 0 Å². The number of benzene rings is 2. The van der Waals surface area contributed by atoms with Crippen molar-refractivity contribution in [3.8, 4) is 11.5 Å². The van der Waals surface area contributed by atoms with Gasteiger partial charge in [-0.05, 0) is 49.2 Å². The third-order valence-electron chi connectivity index (χ3n) is 4.87. The van der Waals surface area contributed by atoms with E-state index in [2.05, 4.69) is 5.32 Å². The monoisotopic (exact) mass is 432 g/mol. The number of para-hydroxylation sites is 1. The van der Waals surface area contributed by atoms with Crippen molar-refractivity contribution < 1.29 is 27.5 Å². The van der Waals surface area contributed by atoms with Crippen LogP contribution in [-0.4, -0.2) is 51.1 Å². The highest BCUT2D eigenvalue weighted by Crippen LogP contribution is 2.23. The first-order chi connectivity index (χ1) is 14.3. The van der Waals surface area contributed by atoms with Gasteiger partial charge in [-0.25, -0.2) is 12.7 Å². The van der Waals surface area contributed by atoms with Crippen molar-refractivity contribution in [1.29, 1.82) is 0 Å². The summed E-state index contributed by atoms with van der Waals surface area (Å²) in [6.45, 7) is 0.550. The second kappa shape index (κ2) is 9.27. The first-order valence-electron chi connectivity index (χ1n) is 9.49. The Morgan fingerprint density at radius 3 is 2.47 bits per heavy atom. The summed E-state index contributed by atoms with van der Waals surface area (Å²) in [5.74, 6) is -0.490. The van der Waals surface area contributed by atoms with E-state index in [-0.39, 0.29) is 12.5 Å². The normalized spacial score (nSPS) is 17.2. The second-order valence-corrected chi connectivity index (χ2v) is 9.04. The maximum absolute atomic E-state index is 12.4. The molecule has 1 saturated heterocycles. The molecular formula is C21H24N2O6S.